The first-order chi connectivity index (χ1) is 13.1. The Hall–Kier alpha value is -2.86. The fourth-order valence-electron chi connectivity index (χ4n) is 2.40. The normalized spacial score (nSPS) is 12.5. The summed E-state index contributed by atoms with van der Waals surface area (Å²) in [4.78, 5) is 11.1. The number of hydrogen-bond donors (Lipinski definition) is 3. The third kappa shape index (κ3) is 4.34. The van der Waals surface area contributed by atoms with Gasteiger partial charge in [0.1, 0.15) is 18.2 Å². The Labute approximate surface area is 159 Å². The fraction of sp³-hybridized carbons (Fsp3) is 0.250. The lowest BCUT2D eigenvalue weighted by molar-refractivity contribution is -0.115. The minimum atomic E-state index is -4.41. The van der Waals surface area contributed by atoms with Gasteiger partial charge in [-0.25, -0.2) is 17.7 Å². The van der Waals surface area contributed by atoms with Gasteiger partial charge < -0.3 is 15.6 Å². The third-order valence-electron chi connectivity index (χ3n) is 3.75. The molecule has 0 amide bonds. The quantitative estimate of drug-likeness (QED) is 0.573. The molecular weight excluding hydrogens is 397 g/mol. The zero-order valence-electron chi connectivity index (χ0n) is 14.9. The van der Waals surface area contributed by atoms with Gasteiger partial charge in [-0.2, -0.15) is 18.2 Å². The van der Waals surface area contributed by atoms with E-state index < -0.39 is 22.7 Å². The van der Waals surface area contributed by atoms with Crippen LogP contribution in [0, 0.1) is 0 Å². The third-order valence-corrected chi connectivity index (χ3v) is 5.56. The number of nitrogens with one attached hydrogen (secondary N) is 3. The van der Waals surface area contributed by atoms with Crippen LogP contribution in [0.25, 0.3) is 11.4 Å². The molecule has 0 unspecified atom stereocenters. The van der Waals surface area contributed by atoms with Crippen LogP contribution < -0.4 is 10.6 Å². The molecule has 150 valence electrons. The Morgan fingerprint density at radius 3 is 2.64 bits per heavy atom. The number of alkyl halides is 3. The van der Waals surface area contributed by atoms with Crippen molar-refractivity contribution in [3.8, 4) is 11.4 Å². The van der Waals surface area contributed by atoms with E-state index >= 15 is 0 Å². The number of benzene rings is 1. The topological polar surface area (TPSA) is 103 Å². The Morgan fingerprint density at radius 1 is 1.21 bits per heavy atom. The fourth-order valence-corrected chi connectivity index (χ4v) is 3.35. The SMILES string of the molecule is CN(C)S(=O)(=O)c1cccc(Nc2nc(NCC(F)(F)F)c3ccnc-3[nH]2)c1. The molecule has 0 aromatic heterocycles. The van der Waals surface area contributed by atoms with Crippen molar-refractivity contribution in [2.45, 2.75) is 11.1 Å². The van der Waals surface area contributed by atoms with E-state index in [1.165, 1.54) is 38.5 Å². The van der Waals surface area contributed by atoms with Crippen molar-refractivity contribution >= 4 is 27.5 Å². The molecule has 0 bridgehead atoms. The number of anilines is 3. The van der Waals surface area contributed by atoms with Crippen LogP contribution in [-0.4, -0.2) is 54.5 Å². The van der Waals surface area contributed by atoms with E-state index in [-0.39, 0.29) is 16.7 Å². The van der Waals surface area contributed by atoms with Crippen LogP contribution in [-0.2, 0) is 10.0 Å². The Balaban J connectivity index is 1.92. The highest BCUT2D eigenvalue weighted by molar-refractivity contribution is 7.89. The predicted molar refractivity (Wildman–Crippen MR) is 98.1 cm³/mol. The number of sulfonamides is 1. The molecule has 2 aliphatic rings. The van der Waals surface area contributed by atoms with Crippen LogP contribution in [0.1, 0.15) is 0 Å². The highest BCUT2D eigenvalue weighted by atomic mass is 32.2. The monoisotopic (exact) mass is 414 g/mol. The second kappa shape index (κ2) is 7.28. The lowest BCUT2D eigenvalue weighted by atomic mass is 10.3. The van der Waals surface area contributed by atoms with E-state index in [9.17, 15) is 21.6 Å². The Kier molecular flexibility index (Phi) is 5.17. The van der Waals surface area contributed by atoms with E-state index in [4.69, 9.17) is 0 Å². The number of hydrogen-bond acceptors (Lipinski definition) is 6. The van der Waals surface area contributed by atoms with Gasteiger partial charge in [0.15, 0.2) is 0 Å². The van der Waals surface area contributed by atoms with Crippen molar-refractivity contribution in [1.82, 2.24) is 19.3 Å². The summed E-state index contributed by atoms with van der Waals surface area (Å²) in [5, 5.41) is 5.12. The molecule has 0 atom stereocenters. The maximum Gasteiger partial charge on any atom is 0.405 e. The molecule has 3 rings (SSSR count). The minimum absolute atomic E-state index is 0.00291. The lowest BCUT2D eigenvalue weighted by Crippen LogP contribution is -2.22. The highest BCUT2D eigenvalue weighted by Gasteiger charge is 2.28. The summed E-state index contributed by atoms with van der Waals surface area (Å²) in [7, 11) is -0.807. The molecule has 0 saturated carbocycles. The number of aromatic nitrogens is 3. The van der Waals surface area contributed by atoms with Gasteiger partial charge in [-0.1, -0.05) is 6.07 Å². The summed E-state index contributed by atoms with van der Waals surface area (Å²) in [6, 6.07) is 7.52. The zero-order valence-corrected chi connectivity index (χ0v) is 15.7. The van der Waals surface area contributed by atoms with E-state index in [1.807, 2.05) is 0 Å². The van der Waals surface area contributed by atoms with E-state index in [2.05, 4.69) is 25.6 Å². The van der Waals surface area contributed by atoms with Crippen molar-refractivity contribution in [3.05, 3.63) is 36.5 Å². The van der Waals surface area contributed by atoms with Gasteiger partial charge in [-0.15, -0.1) is 0 Å². The molecule has 0 spiro atoms. The van der Waals surface area contributed by atoms with Crippen molar-refractivity contribution < 1.29 is 21.6 Å². The van der Waals surface area contributed by atoms with Crippen molar-refractivity contribution in [2.75, 3.05) is 31.3 Å². The van der Waals surface area contributed by atoms with Crippen LogP contribution in [0.3, 0.4) is 0 Å². The maximum atomic E-state index is 12.5. The van der Waals surface area contributed by atoms with Gasteiger partial charge >= 0.3 is 6.18 Å². The first-order valence-corrected chi connectivity index (χ1v) is 9.45. The van der Waals surface area contributed by atoms with Crippen LogP contribution in [0.15, 0.2) is 41.4 Å². The summed E-state index contributed by atoms with van der Waals surface area (Å²) in [6.07, 6.45) is -2.97. The van der Waals surface area contributed by atoms with Crippen molar-refractivity contribution in [1.29, 1.82) is 0 Å². The molecule has 1 aromatic carbocycles. The highest BCUT2D eigenvalue weighted by Crippen LogP contribution is 2.29. The smallest absolute Gasteiger partial charge is 0.360 e. The van der Waals surface area contributed by atoms with E-state index in [0.717, 1.165) is 4.31 Å². The molecular formula is C16H17F3N6O2S. The molecule has 0 fully saturated rings. The summed E-state index contributed by atoms with van der Waals surface area (Å²) in [6.45, 7) is -1.25. The zero-order chi connectivity index (χ0) is 20.5. The molecule has 28 heavy (non-hydrogen) atoms. The number of H-pyrrole nitrogens is 1. The average molecular weight is 414 g/mol. The lowest BCUT2D eigenvalue weighted by Gasteiger charge is -2.15. The van der Waals surface area contributed by atoms with Gasteiger partial charge in [0.25, 0.3) is 0 Å². The number of rotatable bonds is 6. The number of aromatic amines is 1. The summed E-state index contributed by atoms with van der Waals surface area (Å²) in [5.74, 6) is 0.442. The van der Waals surface area contributed by atoms with Crippen molar-refractivity contribution in [3.63, 3.8) is 0 Å². The number of fused-ring (bicyclic) bond motifs is 1. The largest absolute Gasteiger partial charge is 0.405 e. The predicted octanol–water partition coefficient (Wildman–Crippen LogP) is 2.88. The maximum absolute atomic E-state index is 12.5. The molecule has 2 aliphatic heterocycles. The molecule has 2 heterocycles. The molecule has 3 N–H and O–H groups in total. The van der Waals surface area contributed by atoms with Gasteiger partial charge in [-0.05, 0) is 24.3 Å². The molecule has 12 heteroatoms. The van der Waals surface area contributed by atoms with Crippen LogP contribution >= 0.6 is 0 Å². The van der Waals surface area contributed by atoms with Gasteiger partial charge in [0.2, 0.25) is 16.0 Å². The molecule has 1 aromatic rings. The van der Waals surface area contributed by atoms with Crippen LogP contribution in [0.5, 0.6) is 0 Å². The number of halogens is 3. The standard InChI is InChI=1S/C16H17F3N6O2S/c1-25(2)28(26,27)11-5-3-4-10(8-11)22-15-23-13-12(6-7-20-13)14(24-15)21-9-16(17,18)19/h3-8H,9H2,1-2H3,(H3,20,21,22,23,24). The molecule has 0 aliphatic carbocycles. The summed E-state index contributed by atoms with van der Waals surface area (Å²) < 4.78 is 63.2. The van der Waals surface area contributed by atoms with Gasteiger partial charge in [0, 0.05) is 26.0 Å². The summed E-state index contributed by atoms with van der Waals surface area (Å²) >= 11 is 0. The average Bonchev–Trinajstić information content (AvgIpc) is 3.07. The van der Waals surface area contributed by atoms with Crippen molar-refractivity contribution in [2.24, 2.45) is 0 Å². The molecule has 0 radical (unpaired) electrons. The first kappa shape index (κ1) is 19.9. The van der Waals surface area contributed by atoms with Gasteiger partial charge in [-0.3, -0.25) is 0 Å². The summed E-state index contributed by atoms with van der Waals surface area (Å²) in [5.41, 5.74) is 0.790. The second-order valence-electron chi connectivity index (χ2n) is 6.05. The molecule has 0 saturated heterocycles. The Bertz CT molecular complexity index is 1050. The van der Waals surface area contributed by atoms with E-state index in [0.29, 0.717) is 17.1 Å². The van der Waals surface area contributed by atoms with E-state index in [1.54, 1.807) is 12.1 Å². The molecule has 8 nitrogen and oxygen atoms in total. The van der Waals surface area contributed by atoms with Gasteiger partial charge in [0.05, 0.1) is 10.5 Å². The first-order valence-electron chi connectivity index (χ1n) is 8.01. The minimum Gasteiger partial charge on any atom is -0.360 e. The Morgan fingerprint density at radius 2 is 1.96 bits per heavy atom. The second-order valence-corrected chi connectivity index (χ2v) is 8.20. The van der Waals surface area contributed by atoms with Crippen LogP contribution in [0.4, 0.5) is 30.6 Å². The van der Waals surface area contributed by atoms with Crippen LogP contribution in [0.2, 0.25) is 0 Å². The number of nitrogens with zero attached hydrogens (tertiary/aromatic N) is 3.